The van der Waals surface area contributed by atoms with Crippen LogP contribution >= 0.6 is 0 Å². The molecule has 0 amide bonds. The summed E-state index contributed by atoms with van der Waals surface area (Å²) in [6.07, 6.45) is 17.4. The summed E-state index contributed by atoms with van der Waals surface area (Å²) in [5, 5.41) is 0. The normalized spacial score (nSPS) is 39.1. The van der Waals surface area contributed by atoms with Gasteiger partial charge in [0.1, 0.15) is 5.82 Å². The molecule has 4 atom stereocenters. The van der Waals surface area contributed by atoms with Crippen molar-refractivity contribution in [2.75, 3.05) is 0 Å². The Morgan fingerprint density at radius 1 is 1.10 bits per heavy atom. The summed E-state index contributed by atoms with van der Waals surface area (Å²) in [7, 11) is 0. The van der Waals surface area contributed by atoms with E-state index in [0.29, 0.717) is 24.0 Å². The van der Waals surface area contributed by atoms with Crippen molar-refractivity contribution in [1.29, 1.82) is 0 Å². The Kier molecular flexibility index (Phi) is 3.41. The number of nitrogens with zero attached hydrogens (tertiary/aromatic N) is 1. The van der Waals surface area contributed by atoms with Crippen LogP contribution in [0.25, 0.3) is 5.57 Å². The van der Waals surface area contributed by atoms with Crippen LogP contribution in [0.3, 0.4) is 0 Å². The number of hydrogen-bond acceptors (Lipinski definition) is 2. The molecule has 3 fully saturated rings. The van der Waals surface area contributed by atoms with Gasteiger partial charge in [-0.1, -0.05) is 37.1 Å². The molecule has 1 heterocycles. The highest BCUT2D eigenvalue weighted by Crippen LogP contribution is 2.74. The van der Waals surface area contributed by atoms with E-state index in [1.165, 1.54) is 43.0 Å². The molecule has 0 bridgehead atoms. The van der Waals surface area contributed by atoms with Gasteiger partial charge in [0, 0.05) is 18.0 Å². The number of rotatable bonds is 1. The third-order valence-corrected chi connectivity index (χ3v) is 9.18. The standard InChI is InChI=1S/C26H28FNO/c1-24-8-6-22-19(21(24)4-3-20(24)16-11-17(27)15-28-14-16)13-26(9-10-26)23-12-18(29)5-7-25(22,23)2/h3-4,11-12,14-15,19,22H,5-10,13H2,1-2H3/t19-,22-,24+,25+/m0/s1. The lowest BCUT2D eigenvalue weighted by Crippen LogP contribution is -2.50. The topological polar surface area (TPSA) is 30.0 Å². The molecule has 2 nitrogen and oxygen atoms in total. The first kappa shape index (κ1) is 17.8. The van der Waals surface area contributed by atoms with Gasteiger partial charge in [0.15, 0.2) is 5.78 Å². The number of allylic oxidation sites excluding steroid dienone is 6. The monoisotopic (exact) mass is 389 g/mol. The van der Waals surface area contributed by atoms with Gasteiger partial charge in [0.2, 0.25) is 0 Å². The molecule has 0 aromatic carbocycles. The molecule has 6 rings (SSSR count). The first-order valence-electron chi connectivity index (χ1n) is 11.2. The van der Waals surface area contributed by atoms with Crippen LogP contribution in [0.2, 0.25) is 0 Å². The summed E-state index contributed by atoms with van der Waals surface area (Å²) in [6.45, 7) is 4.81. The largest absolute Gasteiger partial charge is 0.295 e. The Hall–Kier alpha value is -2.03. The maximum absolute atomic E-state index is 13.9. The minimum Gasteiger partial charge on any atom is -0.295 e. The Morgan fingerprint density at radius 2 is 1.93 bits per heavy atom. The van der Waals surface area contributed by atoms with E-state index in [1.807, 2.05) is 6.08 Å². The average molecular weight is 390 g/mol. The number of fused-ring (bicyclic) bond motifs is 6. The van der Waals surface area contributed by atoms with E-state index >= 15 is 0 Å². The van der Waals surface area contributed by atoms with Gasteiger partial charge < -0.3 is 0 Å². The summed E-state index contributed by atoms with van der Waals surface area (Å²) >= 11 is 0. The zero-order valence-corrected chi connectivity index (χ0v) is 17.3. The van der Waals surface area contributed by atoms with Crippen LogP contribution in [0.4, 0.5) is 4.39 Å². The number of pyridine rings is 1. The molecular formula is C26H28FNO. The van der Waals surface area contributed by atoms with E-state index in [9.17, 15) is 9.18 Å². The van der Waals surface area contributed by atoms with Crippen LogP contribution in [0.15, 0.2) is 47.8 Å². The van der Waals surface area contributed by atoms with Crippen LogP contribution in [0.1, 0.15) is 64.4 Å². The van der Waals surface area contributed by atoms with E-state index in [4.69, 9.17) is 0 Å². The third kappa shape index (κ3) is 2.28. The molecule has 0 aliphatic heterocycles. The molecule has 3 saturated carbocycles. The van der Waals surface area contributed by atoms with Gasteiger partial charge in [-0.3, -0.25) is 9.78 Å². The first-order chi connectivity index (χ1) is 13.9. The highest BCUT2D eigenvalue weighted by Gasteiger charge is 2.64. The number of halogens is 1. The minimum atomic E-state index is -0.266. The maximum Gasteiger partial charge on any atom is 0.155 e. The van der Waals surface area contributed by atoms with Crippen molar-refractivity contribution in [2.45, 2.75) is 58.8 Å². The lowest BCUT2D eigenvalue weighted by atomic mass is 9.45. The zero-order chi connectivity index (χ0) is 20.0. The second-order valence-electron chi connectivity index (χ2n) is 10.6. The molecule has 0 unspecified atom stereocenters. The van der Waals surface area contributed by atoms with Crippen LogP contribution in [-0.2, 0) is 4.79 Å². The second-order valence-corrected chi connectivity index (χ2v) is 10.6. The predicted octanol–water partition coefficient (Wildman–Crippen LogP) is 6.06. The fraction of sp³-hybridized carbons (Fsp3) is 0.538. The highest BCUT2D eigenvalue weighted by atomic mass is 19.1. The molecule has 1 spiro atoms. The number of hydrogen-bond donors (Lipinski definition) is 0. The summed E-state index contributed by atoms with van der Waals surface area (Å²) in [6, 6.07) is 1.63. The van der Waals surface area contributed by atoms with Gasteiger partial charge in [-0.25, -0.2) is 4.39 Å². The number of ketones is 1. The van der Waals surface area contributed by atoms with E-state index in [-0.39, 0.29) is 22.1 Å². The van der Waals surface area contributed by atoms with Crippen molar-refractivity contribution in [1.82, 2.24) is 4.98 Å². The maximum atomic E-state index is 13.9. The lowest BCUT2D eigenvalue weighted by Gasteiger charge is -2.58. The van der Waals surface area contributed by atoms with Crippen molar-refractivity contribution >= 4 is 11.4 Å². The molecule has 150 valence electrons. The van der Waals surface area contributed by atoms with Crippen molar-refractivity contribution in [3.63, 3.8) is 0 Å². The Labute approximate surface area is 172 Å². The van der Waals surface area contributed by atoms with Crippen LogP contribution in [-0.4, -0.2) is 10.8 Å². The molecule has 5 aliphatic rings. The minimum absolute atomic E-state index is 0.0191. The fourth-order valence-corrected chi connectivity index (χ4v) is 7.57. The van der Waals surface area contributed by atoms with Gasteiger partial charge in [-0.05, 0) is 84.5 Å². The van der Waals surface area contributed by atoms with E-state index < -0.39 is 0 Å². The summed E-state index contributed by atoms with van der Waals surface area (Å²) in [4.78, 5) is 16.4. The quantitative estimate of drug-likeness (QED) is 0.585. The Balaban J connectivity index is 1.40. The SMILES string of the molecule is C[C@]12CC[C@H]3[C@@H](CC4(CC4)C4=CC(=O)CC[C@@]43C)C1=CC=C2c1cncc(F)c1. The summed E-state index contributed by atoms with van der Waals surface area (Å²) < 4.78 is 13.9. The van der Waals surface area contributed by atoms with E-state index in [0.717, 1.165) is 18.4 Å². The van der Waals surface area contributed by atoms with Crippen LogP contribution in [0.5, 0.6) is 0 Å². The fourth-order valence-electron chi connectivity index (χ4n) is 7.57. The smallest absolute Gasteiger partial charge is 0.155 e. The molecule has 0 radical (unpaired) electrons. The third-order valence-electron chi connectivity index (χ3n) is 9.18. The molecule has 5 aliphatic carbocycles. The lowest BCUT2D eigenvalue weighted by molar-refractivity contribution is -0.116. The van der Waals surface area contributed by atoms with Crippen LogP contribution in [0, 0.1) is 33.9 Å². The molecule has 29 heavy (non-hydrogen) atoms. The molecule has 1 aromatic rings. The number of aromatic nitrogens is 1. The van der Waals surface area contributed by atoms with Gasteiger partial charge >= 0.3 is 0 Å². The van der Waals surface area contributed by atoms with Gasteiger partial charge in [-0.2, -0.15) is 0 Å². The molecule has 3 heteroatoms. The molecule has 0 saturated heterocycles. The molecule has 0 N–H and O–H groups in total. The van der Waals surface area contributed by atoms with Crippen molar-refractivity contribution < 1.29 is 9.18 Å². The molecular weight excluding hydrogens is 361 g/mol. The van der Waals surface area contributed by atoms with Crippen molar-refractivity contribution in [3.8, 4) is 0 Å². The zero-order valence-electron chi connectivity index (χ0n) is 17.3. The second kappa shape index (κ2) is 5.56. The van der Waals surface area contributed by atoms with Gasteiger partial charge in [0.25, 0.3) is 0 Å². The van der Waals surface area contributed by atoms with Gasteiger partial charge in [0.05, 0.1) is 6.20 Å². The van der Waals surface area contributed by atoms with E-state index in [2.05, 4.69) is 31.0 Å². The Morgan fingerprint density at radius 3 is 2.69 bits per heavy atom. The summed E-state index contributed by atoms with van der Waals surface area (Å²) in [5.41, 5.74) is 5.61. The Bertz CT molecular complexity index is 1030. The highest BCUT2D eigenvalue weighted by molar-refractivity contribution is 5.92. The summed E-state index contributed by atoms with van der Waals surface area (Å²) in [5.74, 6) is 1.26. The average Bonchev–Trinajstić information content (AvgIpc) is 3.36. The first-order valence-corrected chi connectivity index (χ1v) is 11.2. The van der Waals surface area contributed by atoms with Crippen molar-refractivity contribution in [2.24, 2.45) is 28.1 Å². The van der Waals surface area contributed by atoms with Crippen LogP contribution < -0.4 is 0 Å². The van der Waals surface area contributed by atoms with E-state index in [1.54, 1.807) is 17.8 Å². The molecule has 1 aromatic heterocycles. The predicted molar refractivity (Wildman–Crippen MR) is 111 cm³/mol. The van der Waals surface area contributed by atoms with Crippen molar-refractivity contribution in [3.05, 3.63) is 59.2 Å². The number of carbonyl (C=O) groups is 1. The van der Waals surface area contributed by atoms with Gasteiger partial charge in [-0.15, -0.1) is 0 Å². The number of carbonyl (C=O) groups excluding carboxylic acids is 1.